The number of nitrogens with one attached hydrogen (secondary N) is 2. The molecule has 0 fully saturated rings. The van der Waals surface area contributed by atoms with Gasteiger partial charge in [0.25, 0.3) is 0 Å². The van der Waals surface area contributed by atoms with Crippen LogP contribution < -0.4 is 5.32 Å². The molecule has 0 radical (unpaired) electrons. The van der Waals surface area contributed by atoms with Gasteiger partial charge >= 0.3 is 6.18 Å². The minimum atomic E-state index is -4.34. The van der Waals surface area contributed by atoms with Crippen molar-refractivity contribution in [3.63, 3.8) is 0 Å². The predicted molar refractivity (Wildman–Crippen MR) is 69.4 cm³/mol. The highest BCUT2D eigenvalue weighted by Crippen LogP contribution is 2.28. The maximum Gasteiger partial charge on any atom is 0.417 e. The van der Waals surface area contributed by atoms with Gasteiger partial charge < -0.3 is 5.32 Å². The molecule has 2 heterocycles. The molecule has 4 nitrogen and oxygen atoms in total. The summed E-state index contributed by atoms with van der Waals surface area (Å²) in [6.45, 7) is 2.59. The Labute approximate surface area is 114 Å². The molecule has 7 heteroatoms. The van der Waals surface area contributed by atoms with Crippen LogP contribution in [0.3, 0.4) is 0 Å². The number of halogens is 3. The lowest BCUT2D eigenvalue weighted by Gasteiger charge is -2.08. The maximum atomic E-state index is 12.4. The van der Waals surface area contributed by atoms with Gasteiger partial charge in [-0.3, -0.25) is 5.10 Å². The molecule has 0 spiro atoms. The summed E-state index contributed by atoms with van der Waals surface area (Å²) in [5, 5.41) is 9.78. The van der Waals surface area contributed by atoms with Crippen LogP contribution in [0.4, 0.5) is 19.0 Å². The zero-order valence-electron chi connectivity index (χ0n) is 11.0. The average Bonchev–Trinajstić information content (AvgIpc) is 2.80. The highest BCUT2D eigenvalue weighted by molar-refractivity contribution is 5.36. The van der Waals surface area contributed by atoms with E-state index in [4.69, 9.17) is 0 Å². The third-order valence-corrected chi connectivity index (χ3v) is 2.95. The Hall–Kier alpha value is -2.05. The number of aryl methyl sites for hydroxylation is 2. The standard InChI is InChI=1S/C13H15F3N4/c1-9-10(7-19-20-9)3-2-6-17-12-5-4-11(8-18-12)13(14,15)16/h4-5,7-8H,2-3,6H2,1H3,(H,17,18)(H,19,20). The summed E-state index contributed by atoms with van der Waals surface area (Å²) >= 11 is 0. The van der Waals surface area contributed by atoms with E-state index in [0.717, 1.165) is 36.4 Å². The number of pyridine rings is 1. The number of nitrogens with zero attached hydrogens (tertiary/aromatic N) is 2. The molecule has 0 atom stereocenters. The molecule has 0 aliphatic heterocycles. The van der Waals surface area contributed by atoms with E-state index < -0.39 is 11.7 Å². The Balaban J connectivity index is 1.78. The van der Waals surface area contributed by atoms with Crippen LogP contribution in [-0.2, 0) is 12.6 Å². The van der Waals surface area contributed by atoms with Gasteiger partial charge in [-0.1, -0.05) is 0 Å². The normalized spacial score (nSPS) is 11.6. The Bertz CT molecular complexity index is 545. The highest BCUT2D eigenvalue weighted by atomic mass is 19.4. The van der Waals surface area contributed by atoms with Gasteiger partial charge in [-0.05, 0) is 37.5 Å². The van der Waals surface area contributed by atoms with Crippen molar-refractivity contribution < 1.29 is 13.2 Å². The van der Waals surface area contributed by atoms with Crippen molar-refractivity contribution in [1.29, 1.82) is 0 Å². The fraction of sp³-hybridized carbons (Fsp3) is 0.385. The fourth-order valence-electron chi connectivity index (χ4n) is 1.79. The smallest absolute Gasteiger partial charge is 0.370 e. The second-order valence-corrected chi connectivity index (χ2v) is 4.48. The molecule has 0 unspecified atom stereocenters. The number of hydrogen-bond donors (Lipinski definition) is 2. The maximum absolute atomic E-state index is 12.4. The van der Waals surface area contributed by atoms with E-state index in [-0.39, 0.29) is 0 Å². The number of aromatic amines is 1. The topological polar surface area (TPSA) is 53.6 Å². The van der Waals surface area contributed by atoms with Crippen LogP contribution in [0.2, 0.25) is 0 Å². The van der Waals surface area contributed by atoms with Crippen molar-refractivity contribution >= 4 is 5.82 Å². The molecule has 20 heavy (non-hydrogen) atoms. The van der Waals surface area contributed by atoms with Crippen LogP contribution in [-0.4, -0.2) is 21.7 Å². The molecule has 0 aliphatic carbocycles. The summed E-state index contributed by atoms with van der Waals surface area (Å²) in [5.74, 6) is 0.446. The third kappa shape index (κ3) is 3.72. The van der Waals surface area contributed by atoms with Gasteiger partial charge in [0.05, 0.1) is 11.8 Å². The van der Waals surface area contributed by atoms with Gasteiger partial charge in [0.15, 0.2) is 0 Å². The Kier molecular flexibility index (Phi) is 4.26. The lowest BCUT2D eigenvalue weighted by atomic mass is 10.1. The summed E-state index contributed by atoms with van der Waals surface area (Å²) in [6, 6.07) is 2.36. The molecule has 0 saturated carbocycles. The molecule has 2 N–H and O–H groups in total. The van der Waals surface area contributed by atoms with Gasteiger partial charge in [0, 0.05) is 18.4 Å². The minimum absolute atomic E-state index is 0.446. The van der Waals surface area contributed by atoms with Crippen molar-refractivity contribution in [1.82, 2.24) is 15.2 Å². The van der Waals surface area contributed by atoms with Gasteiger partial charge in [-0.25, -0.2) is 4.98 Å². The molecule has 0 aliphatic rings. The molecule has 2 rings (SSSR count). The quantitative estimate of drug-likeness (QED) is 0.829. The Morgan fingerprint density at radius 3 is 2.60 bits per heavy atom. The molecule has 2 aromatic heterocycles. The van der Waals surface area contributed by atoms with Crippen molar-refractivity contribution in [2.75, 3.05) is 11.9 Å². The molecule has 0 bridgehead atoms. The first kappa shape index (κ1) is 14.4. The number of anilines is 1. The van der Waals surface area contributed by atoms with E-state index in [9.17, 15) is 13.2 Å². The lowest BCUT2D eigenvalue weighted by molar-refractivity contribution is -0.137. The lowest BCUT2D eigenvalue weighted by Crippen LogP contribution is -2.08. The van der Waals surface area contributed by atoms with E-state index in [1.807, 2.05) is 6.92 Å². The summed E-state index contributed by atoms with van der Waals surface area (Å²) in [6.07, 6.45) is -0.0162. The predicted octanol–water partition coefficient (Wildman–Crippen LogP) is 3.18. The van der Waals surface area contributed by atoms with Crippen LogP contribution in [0.1, 0.15) is 23.2 Å². The van der Waals surface area contributed by atoms with E-state index in [1.54, 1.807) is 6.20 Å². The molecule has 0 aromatic carbocycles. The van der Waals surface area contributed by atoms with Crippen molar-refractivity contribution in [2.24, 2.45) is 0 Å². The van der Waals surface area contributed by atoms with Crippen molar-refractivity contribution in [3.05, 3.63) is 41.3 Å². The first-order valence-corrected chi connectivity index (χ1v) is 6.23. The zero-order valence-corrected chi connectivity index (χ0v) is 11.0. The number of H-pyrrole nitrogens is 1. The van der Waals surface area contributed by atoms with Crippen LogP contribution in [0.15, 0.2) is 24.5 Å². The highest BCUT2D eigenvalue weighted by Gasteiger charge is 2.30. The zero-order chi connectivity index (χ0) is 14.6. The summed E-state index contributed by atoms with van der Waals surface area (Å²) in [5.41, 5.74) is 1.45. The Morgan fingerprint density at radius 1 is 1.25 bits per heavy atom. The van der Waals surface area contributed by atoms with Gasteiger partial charge in [-0.2, -0.15) is 18.3 Å². The van der Waals surface area contributed by atoms with E-state index in [2.05, 4.69) is 20.5 Å². The number of aromatic nitrogens is 3. The summed E-state index contributed by atoms with van der Waals surface area (Å²) in [7, 11) is 0. The van der Waals surface area contributed by atoms with Gasteiger partial charge in [0.2, 0.25) is 0 Å². The molecular formula is C13H15F3N4. The van der Waals surface area contributed by atoms with Crippen LogP contribution in [0.5, 0.6) is 0 Å². The molecule has 0 saturated heterocycles. The van der Waals surface area contributed by atoms with Gasteiger partial charge in [0.1, 0.15) is 5.82 Å². The second-order valence-electron chi connectivity index (χ2n) is 4.48. The van der Waals surface area contributed by atoms with Crippen LogP contribution >= 0.6 is 0 Å². The third-order valence-electron chi connectivity index (χ3n) is 2.95. The van der Waals surface area contributed by atoms with Crippen molar-refractivity contribution in [3.8, 4) is 0 Å². The number of hydrogen-bond acceptors (Lipinski definition) is 3. The average molecular weight is 284 g/mol. The van der Waals surface area contributed by atoms with Crippen LogP contribution in [0, 0.1) is 6.92 Å². The van der Waals surface area contributed by atoms with E-state index in [0.29, 0.717) is 12.4 Å². The molecule has 108 valence electrons. The Morgan fingerprint density at radius 2 is 2.05 bits per heavy atom. The monoisotopic (exact) mass is 284 g/mol. The first-order chi connectivity index (χ1) is 9.47. The van der Waals surface area contributed by atoms with Crippen molar-refractivity contribution in [2.45, 2.75) is 25.9 Å². The number of rotatable bonds is 5. The molecule has 2 aromatic rings. The number of alkyl halides is 3. The van der Waals surface area contributed by atoms with Gasteiger partial charge in [-0.15, -0.1) is 0 Å². The SMILES string of the molecule is Cc1[nH]ncc1CCCNc1ccc(C(F)(F)F)cn1. The minimum Gasteiger partial charge on any atom is -0.370 e. The largest absolute Gasteiger partial charge is 0.417 e. The first-order valence-electron chi connectivity index (χ1n) is 6.23. The summed E-state index contributed by atoms with van der Waals surface area (Å²) in [4.78, 5) is 3.75. The molecular weight excluding hydrogens is 269 g/mol. The fourth-order valence-corrected chi connectivity index (χ4v) is 1.79. The second kappa shape index (κ2) is 5.94. The van der Waals surface area contributed by atoms with Crippen LogP contribution in [0.25, 0.3) is 0 Å². The van der Waals surface area contributed by atoms with E-state index in [1.165, 1.54) is 6.07 Å². The van der Waals surface area contributed by atoms with E-state index >= 15 is 0 Å². The molecule has 0 amide bonds. The summed E-state index contributed by atoms with van der Waals surface area (Å²) < 4.78 is 37.1.